The number of hydrogen-bond acceptors (Lipinski definition) is 0. The fourth-order valence-electron chi connectivity index (χ4n) is 6.62. The summed E-state index contributed by atoms with van der Waals surface area (Å²) in [6.45, 7) is 2.43. The average molecular weight is 429 g/mol. The highest BCUT2D eigenvalue weighted by Gasteiger charge is 2.29. The van der Waals surface area contributed by atoms with Crippen molar-refractivity contribution in [1.82, 2.24) is 0 Å². The first kappa shape index (κ1) is 23.0. The van der Waals surface area contributed by atoms with E-state index in [1.807, 2.05) is 0 Å². The third-order valence-corrected chi connectivity index (χ3v) is 8.92. The molecule has 172 valence electrons. The first-order chi connectivity index (χ1) is 15.1. The van der Waals surface area contributed by atoms with Crippen LogP contribution in [0, 0.1) is 47.1 Å². The lowest BCUT2D eigenvalue weighted by Crippen LogP contribution is -2.24. The zero-order chi connectivity index (χ0) is 21.6. The van der Waals surface area contributed by atoms with Crippen molar-refractivity contribution in [2.45, 2.75) is 96.8 Å². The van der Waals surface area contributed by atoms with Crippen molar-refractivity contribution in [3.63, 3.8) is 0 Å². The predicted molar refractivity (Wildman–Crippen MR) is 126 cm³/mol. The van der Waals surface area contributed by atoms with Gasteiger partial charge in [0.1, 0.15) is 0 Å². The Bertz CT molecular complexity index is 699. The number of rotatable bonds is 6. The Kier molecular flexibility index (Phi) is 8.24. The molecule has 0 saturated heterocycles. The Morgan fingerprint density at radius 1 is 0.710 bits per heavy atom. The van der Waals surface area contributed by atoms with Gasteiger partial charge in [-0.05, 0) is 130 Å². The van der Waals surface area contributed by atoms with Crippen LogP contribution in [0.5, 0.6) is 0 Å². The molecular weight excluding hydrogens is 386 g/mol. The van der Waals surface area contributed by atoms with Crippen LogP contribution >= 0.6 is 0 Å². The van der Waals surface area contributed by atoms with Crippen LogP contribution in [0.2, 0.25) is 0 Å². The van der Waals surface area contributed by atoms with E-state index in [0.29, 0.717) is 0 Å². The van der Waals surface area contributed by atoms with Crippen LogP contribution in [0.1, 0.15) is 96.0 Å². The molecular formula is C29H42F2. The molecule has 0 unspecified atom stereocenters. The molecule has 0 heterocycles. The summed E-state index contributed by atoms with van der Waals surface area (Å²) in [5.41, 5.74) is 0.930. The topological polar surface area (TPSA) is 0 Å². The summed E-state index contributed by atoms with van der Waals surface area (Å²) in [6.07, 6.45) is 23.9. The summed E-state index contributed by atoms with van der Waals surface area (Å²) < 4.78 is 26.5. The van der Waals surface area contributed by atoms with Crippen LogP contribution in [0.15, 0.2) is 30.4 Å². The second-order valence-corrected chi connectivity index (χ2v) is 11.1. The summed E-state index contributed by atoms with van der Waals surface area (Å²) in [5, 5.41) is 0. The lowest BCUT2D eigenvalue weighted by Gasteiger charge is -2.36. The molecule has 0 bridgehead atoms. The molecule has 0 N–H and O–H groups in total. The van der Waals surface area contributed by atoms with Crippen LogP contribution < -0.4 is 0 Å². The summed E-state index contributed by atoms with van der Waals surface area (Å²) in [6, 6.07) is 4.36. The molecule has 3 aliphatic rings. The summed E-state index contributed by atoms with van der Waals surface area (Å²) in [4.78, 5) is 0. The van der Waals surface area contributed by atoms with E-state index in [4.69, 9.17) is 0 Å². The summed E-state index contributed by atoms with van der Waals surface area (Å²) in [7, 11) is 0. The third-order valence-electron chi connectivity index (χ3n) is 8.92. The Morgan fingerprint density at radius 2 is 1.26 bits per heavy atom. The van der Waals surface area contributed by atoms with E-state index in [9.17, 15) is 8.78 Å². The normalized spacial score (nSPS) is 34.8. The minimum absolute atomic E-state index is 0.714. The Morgan fingerprint density at radius 3 is 1.84 bits per heavy atom. The molecule has 2 heteroatoms. The van der Waals surface area contributed by atoms with Gasteiger partial charge in [-0.15, -0.1) is 0 Å². The first-order valence-corrected chi connectivity index (χ1v) is 13.2. The standard InChI is InChI=1S/C29H42F2/c1-21-2-15-26(16-3-21)27-17-12-24(13-18-27)9-8-22-4-6-23(7-5-22)10-11-25-14-19-28(30)29(31)20-25/h8-9,14,19-24,26-27H,2-7,10-13,15-18H2,1H3/b9-8+/t21-,22-,23-,24?,26-,27?. The molecule has 3 fully saturated rings. The molecule has 31 heavy (non-hydrogen) atoms. The number of halogens is 2. The number of benzene rings is 1. The van der Waals surface area contributed by atoms with Gasteiger partial charge in [0.25, 0.3) is 0 Å². The summed E-state index contributed by atoms with van der Waals surface area (Å²) >= 11 is 0. The van der Waals surface area contributed by atoms with Gasteiger partial charge in [0, 0.05) is 0 Å². The van der Waals surface area contributed by atoms with E-state index in [0.717, 1.165) is 53.9 Å². The van der Waals surface area contributed by atoms with Crippen molar-refractivity contribution in [2.24, 2.45) is 35.5 Å². The largest absolute Gasteiger partial charge is 0.204 e. The predicted octanol–water partition coefficient (Wildman–Crippen LogP) is 8.89. The maximum absolute atomic E-state index is 13.4. The highest BCUT2D eigenvalue weighted by Crippen LogP contribution is 2.42. The number of aryl methyl sites for hydroxylation is 1. The zero-order valence-electron chi connectivity index (χ0n) is 19.5. The van der Waals surface area contributed by atoms with Crippen LogP contribution in [-0.4, -0.2) is 0 Å². The van der Waals surface area contributed by atoms with Gasteiger partial charge >= 0.3 is 0 Å². The van der Waals surface area contributed by atoms with Gasteiger partial charge in [-0.25, -0.2) is 8.78 Å². The monoisotopic (exact) mass is 428 g/mol. The zero-order valence-corrected chi connectivity index (χ0v) is 19.5. The van der Waals surface area contributed by atoms with Crippen molar-refractivity contribution in [3.8, 4) is 0 Å². The van der Waals surface area contributed by atoms with Gasteiger partial charge < -0.3 is 0 Å². The third kappa shape index (κ3) is 6.65. The highest BCUT2D eigenvalue weighted by atomic mass is 19.2. The molecule has 0 spiro atoms. The minimum Gasteiger partial charge on any atom is -0.204 e. The summed E-state index contributed by atoms with van der Waals surface area (Å²) in [5.74, 6) is 3.89. The van der Waals surface area contributed by atoms with Crippen molar-refractivity contribution in [3.05, 3.63) is 47.5 Å². The lowest BCUT2D eigenvalue weighted by atomic mass is 9.69. The van der Waals surface area contributed by atoms with Gasteiger partial charge in [0.15, 0.2) is 11.6 Å². The number of hydrogen-bond donors (Lipinski definition) is 0. The van der Waals surface area contributed by atoms with Crippen LogP contribution in [0.3, 0.4) is 0 Å². The van der Waals surface area contributed by atoms with Crippen LogP contribution in [0.4, 0.5) is 8.78 Å². The van der Waals surface area contributed by atoms with Crippen molar-refractivity contribution in [2.75, 3.05) is 0 Å². The maximum Gasteiger partial charge on any atom is 0.159 e. The molecule has 1 aromatic carbocycles. The van der Waals surface area contributed by atoms with E-state index in [2.05, 4.69) is 19.1 Å². The van der Waals surface area contributed by atoms with E-state index in [1.54, 1.807) is 6.07 Å². The second kappa shape index (κ2) is 11.1. The average Bonchev–Trinajstić information content (AvgIpc) is 2.80. The maximum atomic E-state index is 13.4. The Hall–Kier alpha value is -1.18. The highest BCUT2D eigenvalue weighted by molar-refractivity contribution is 5.17. The van der Waals surface area contributed by atoms with Gasteiger partial charge in [0.2, 0.25) is 0 Å². The van der Waals surface area contributed by atoms with Gasteiger partial charge in [0.05, 0.1) is 0 Å². The Balaban J connectivity index is 1.13. The van der Waals surface area contributed by atoms with E-state index < -0.39 is 11.6 Å². The van der Waals surface area contributed by atoms with E-state index >= 15 is 0 Å². The first-order valence-electron chi connectivity index (χ1n) is 13.2. The molecule has 4 rings (SSSR count). The molecule has 0 aromatic heterocycles. The molecule has 0 aliphatic heterocycles. The van der Waals surface area contributed by atoms with Crippen LogP contribution in [0.25, 0.3) is 0 Å². The van der Waals surface area contributed by atoms with Gasteiger partial charge in [-0.3, -0.25) is 0 Å². The quantitative estimate of drug-likeness (QED) is 0.397. The fourth-order valence-corrected chi connectivity index (χ4v) is 6.62. The molecule has 0 atom stereocenters. The van der Waals surface area contributed by atoms with E-state index in [1.165, 1.54) is 89.2 Å². The Labute approximate surface area is 188 Å². The van der Waals surface area contributed by atoms with Gasteiger partial charge in [-0.1, -0.05) is 38.0 Å². The van der Waals surface area contributed by atoms with Gasteiger partial charge in [-0.2, -0.15) is 0 Å². The SMILES string of the molecule is C[C@H]1CC[C@H](C2CCC(/C=C/[C@H]3CC[C@H](CCc4ccc(F)c(F)c4)CC3)CC2)CC1. The molecule has 3 saturated carbocycles. The molecule has 3 aliphatic carbocycles. The van der Waals surface area contributed by atoms with Crippen LogP contribution in [-0.2, 0) is 6.42 Å². The molecule has 0 amide bonds. The fraction of sp³-hybridized carbons (Fsp3) is 0.724. The number of allylic oxidation sites excluding steroid dienone is 2. The lowest BCUT2D eigenvalue weighted by molar-refractivity contribution is 0.160. The smallest absolute Gasteiger partial charge is 0.159 e. The molecule has 1 aromatic rings. The van der Waals surface area contributed by atoms with Crippen molar-refractivity contribution in [1.29, 1.82) is 0 Å². The van der Waals surface area contributed by atoms with Crippen molar-refractivity contribution >= 4 is 0 Å². The van der Waals surface area contributed by atoms with E-state index in [-0.39, 0.29) is 0 Å². The molecule has 0 nitrogen and oxygen atoms in total. The van der Waals surface area contributed by atoms with Crippen molar-refractivity contribution < 1.29 is 8.78 Å². The molecule has 0 radical (unpaired) electrons. The second-order valence-electron chi connectivity index (χ2n) is 11.1. The minimum atomic E-state index is -0.742.